The topological polar surface area (TPSA) is 69.2 Å². The Hall–Kier alpha value is -0.770. The van der Waals surface area contributed by atoms with E-state index in [0.29, 0.717) is 24.6 Å². The molecule has 1 heterocycles. The molecule has 0 radical (unpaired) electrons. The number of aliphatic imine (C=N–C) groups is 1. The Morgan fingerprint density at radius 1 is 1.31 bits per heavy atom. The summed E-state index contributed by atoms with van der Waals surface area (Å²) in [5.41, 5.74) is 0. The van der Waals surface area contributed by atoms with Crippen LogP contribution in [0.4, 0.5) is 4.79 Å². The van der Waals surface area contributed by atoms with Crippen molar-refractivity contribution in [1.82, 2.24) is 20.4 Å². The van der Waals surface area contributed by atoms with Crippen LogP contribution in [-0.2, 0) is 4.74 Å². The number of hydrogen-bond donors (Lipinski definition) is 2. The summed E-state index contributed by atoms with van der Waals surface area (Å²) in [6.07, 6.45) is 2.76. The van der Waals surface area contributed by atoms with Crippen molar-refractivity contribution >= 4 is 36.0 Å². The van der Waals surface area contributed by atoms with Gasteiger partial charge in [-0.05, 0) is 46.2 Å². The van der Waals surface area contributed by atoms with Crippen LogP contribution >= 0.6 is 24.0 Å². The van der Waals surface area contributed by atoms with E-state index in [1.807, 2.05) is 6.92 Å². The predicted molar refractivity (Wildman–Crippen MR) is 118 cm³/mol. The van der Waals surface area contributed by atoms with E-state index >= 15 is 0 Å². The van der Waals surface area contributed by atoms with E-state index in [2.05, 4.69) is 48.5 Å². The van der Waals surface area contributed by atoms with Gasteiger partial charge in [0, 0.05) is 38.8 Å². The Morgan fingerprint density at radius 2 is 1.92 bits per heavy atom. The Bertz CT molecular complexity index is 424. The molecule has 8 heteroatoms. The molecule has 1 unspecified atom stereocenters. The first-order valence-corrected chi connectivity index (χ1v) is 9.42. The van der Waals surface area contributed by atoms with E-state index in [1.165, 1.54) is 0 Å². The van der Waals surface area contributed by atoms with E-state index in [4.69, 9.17) is 4.74 Å². The molecule has 0 spiro atoms. The van der Waals surface area contributed by atoms with Crippen molar-refractivity contribution in [3.63, 3.8) is 0 Å². The molecule has 26 heavy (non-hydrogen) atoms. The van der Waals surface area contributed by atoms with Crippen molar-refractivity contribution in [2.45, 2.75) is 52.1 Å². The van der Waals surface area contributed by atoms with Crippen molar-refractivity contribution in [2.24, 2.45) is 10.9 Å². The Labute approximate surface area is 176 Å². The SMILES string of the molecule is CCOC(=O)N1CCC(NC(=NC)NCC(CC(C)C)N(C)C)CC1.I. The lowest BCUT2D eigenvalue weighted by Gasteiger charge is -2.33. The van der Waals surface area contributed by atoms with Gasteiger partial charge in [0.1, 0.15) is 0 Å². The summed E-state index contributed by atoms with van der Waals surface area (Å²) in [5.74, 6) is 1.50. The number of likely N-dealkylation sites (N-methyl/N-ethyl adjacent to an activating group) is 1. The van der Waals surface area contributed by atoms with Gasteiger partial charge in [0.15, 0.2) is 5.96 Å². The summed E-state index contributed by atoms with van der Waals surface area (Å²) >= 11 is 0. The second-order valence-corrected chi connectivity index (χ2v) is 7.30. The van der Waals surface area contributed by atoms with Crippen LogP contribution in [0.2, 0.25) is 0 Å². The fourth-order valence-corrected chi connectivity index (χ4v) is 3.04. The predicted octanol–water partition coefficient (Wildman–Crippen LogP) is 2.37. The van der Waals surface area contributed by atoms with Crippen molar-refractivity contribution in [1.29, 1.82) is 0 Å². The Morgan fingerprint density at radius 3 is 2.38 bits per heavy atom. The molecule has 0 bridgehead atoms. The second kappa shape index (κ2) is 13.4. The molecule has 0 saturated carbocycles. The van der Waals surface area contributed by atoms with E-state index in [1.54, 1.807) is 11.9 Å². The highest BCUT2D eigenvalue weighted by atomic mass is 127. The van der Waals surface area contributed by atoms with Gasteiger partial charge in [-0.15, -0.1) is 24.0 Å². The number of guanidine groups is 1. The van der Waals surface area contributed by atoms with Crippen LogP contribution < -0.4 is 10.6 Å². The molecule has 1 aliphatic rings. The van der Waals surface area contributed by atoms with Gasteiger partial charge in [0.25, 0.3) is 0 Å². The van der Waals surface area contributed by atoms with Crippen molar-refractivity contribution in [2.75, 3.05) is 47.4 Å². The molecule has 7 nitrogen and oxygen atoms in total. The quantitative estimate of drug-likeness (QED) is 0.331. The molecular formula is C18H38IN5O2. The minimum absolute atomic E-state index is 0. The standard InChI is InChI=1S/C18H37N5O2.HI/c1-7-25-18(24)23-10-8-15(9-11-23)21-17(19-4)20-13-16(22(5)6)12-14(2)3;/h14-16H,7-13H2,1-6H3,(H2,19,20,21);1H. The number of hydrogen-bond acceptors (Lipinski definition) is 4. The first-order valence-electron chi connectivity index (χ1n) is 9.42. The summed E-state index contributed by atoms with van der Waals surface area (Å²) < 4.78 is 5.06. The number of nitrogens with one attached hydrogen (secondary N) is 2. The summed E-state index contributed by atoms with van der Waals surface area (Å²) in [6.45, 7) is 9.08. The Kier molecular flexibility index (Phi) is 13.0. The molecule has 1 fully saturated rings. The smallest absolute Gasteiger partial charge is 0.409 e. The number of halogens is 1. The highest BCUT2D eigenvalue weighted by Gasteiger charge is 2.24. The van der Waals surface area contributed by atoms with E-state index in [0.717, 1.165) is 44.9 Å². The lowest BCUT2D eigenvalue weighted by molar-refractivity contribution is 0.0963. The number of rotatable bonds is 7. The monoisotopic (exact) mass is 483 g/mol. The minimum atomic E-state index is -0.203. The third kappa shape index (κ3) is 9.25. The zero-order chi connectivity index (χ0) is 18.8. The van der Waals surface area contributed by atoms with Crippen molar-refractivity contribution in [3.05, 3.63) is 0 Å². The van der Waals surface area contributed by atoms with Crippen LogP contribution in [0.25, 0.3) is 0 Å². The Balaban J connectivity index is 0.00000625. The molecule has 0 aromatic carbocycles. The molecular weight excluding hydrogens is 445 g/mol. The van der Waals surface area contributed by atoms with E-state index in [-0.39, 0.29) is 30.1 Å². The second-order valence-electron chi connectivity index (χ2n) is 7.30. The molecule has 154 valence electrons. The van der Waals surface area contributed by atoms with Gasteiger partial charge >= 0.3 is 6.09 Å². The summed E-state index contributed by atoms with van der Waals surface area (Å²) in [4.78, 5) is 20.1. The zero-order valence-corrected chi connectivity index (χ0v) is 19.6. The number of ether oxygens (including phenoxy) is 1. The van der Waals surface area contributed by atoms with Gasteiger partial charge in [-0.25, -0.2) is 4.79 Å². The molecule has 1 amide bonds. The maximum Gasteiger partial charge on any atom is 0.409 e. The normalized spacial score (nSPS) is 17.1. The minimum Gasteiger partial charge on any atom is -0.450 e. The number of piperidine rings is 1. The lowest BCUT2D eigenvalue weighted by Crippen LogP contribution is -2.51. The van der Waals surface area contributed by atoms with E-state index in [9.17, 15) is 4.79 Å². The molecule has 1 atom stereocenters. The van der Waals surface area contributed by atoms with Crippen LogP contribution in [0.5, 0.6) is 0 Å². The van der Waals surface area contributed by atoms with Gasteiger partial charge in [0.05, 0.1) is 6.61 Å². The third-order valence-electron chi connectivity index (χ3n) is 4.56. The molecule has 1 rings (SSSR count). The summed E-state index contributed by atoms with van der Waals surface area (Å²) in [5, 5.41) is 6.94. The molecule has 2 N–H and O–H groups in total. The molecule has 0 aromatic heterocycles. The lowest BCUT2D eigenvalue weighted by atomic mass is 10.0. The summed E-state index contributed by atoms with van der Waals surface area (Å²) in [6, 6.07) is 0.809. The zero-order valence-electron chi connectivity index (χ0n) is 17.2. The fraction of sp³-hybridized carbons (Fsp3) is 0.889. The van der Waals surface area contributed by atoms with Crippen LogP contribution in [-0.4, -0.2) is 81.3 Å². The first-order chi connectivity index (χ1) is 11.9. The number of nitrogens with zero attached hydrogens (tertiary/aromatic N) is 3. The van der Waals surface area contributed by atoms with Crippen LogP contribution in [0.3, 0.4) is 0 Å². The number of carbonyl (C=O) groups is 1. The van der Waals surface area contributed by atoms with Gasteiger partial charge in [-0.3, -0.25) is 4.99 Å². The van der Waals surface area contributed by atoms with Gasteiger partial charge in [-0.1, -0.05) is 13.8 Å². The number of carbonyl (C=O) groups excluding carboxylic acids is 1. The van der Waals surface area contributed by atoms with Gasteiger partial charge in [0.2, 0.25) is 0 Å². The highest BCUT2D eigenvalue weighted by molar-refractivity contribution is 14.0. The van der Waals surface area contributed by atoms with Crippen molar-refractivity contribution in [3.8, 4) is 0 Å². The fourth-order valence-electron chi connectivity index (χ4n) is 3.04. The van der Waals surface area contributed by atoms with E-state index < -0.39 is 0 Å². The highest BCUT2D eigenvalue weighted by Crippen LogP contribution is 2.12. The first kappa shape index (κ1) is 25.2. The molecule has 0 aliphatic carbocycles. The maximum atomic E-state index is 11.8. The van der Waals surface area contributed by atoms with Crippen LogP contribution in [0.15, 0.2) is 4.99 Å². The van der Waals surface area contributed by atoms with Crippen molar-refractivity contribution < 1.29 is 9.53 Å². The van der Waals surface area contributed by atoms with Gasteiger partial charge < -0.3 is 25.2 Å². The molecule has 0 aromatic rings. The molecule has 1 saturated heterocycles. The van der Waals surface area contributed by atoms with Crippen LogP contribution in [0, 0.1) is 5.92 Å². The average Bonchev–Trinajstić information content (AvgIpc) is 2.57. The number of likely N-dealkylation sites (tertiary alicyclic amines) is 1. The largest absolute Gasteiger partial charge is 0.450 e. The van der Waals surface area contributed by atoms with Gasteiger partial charge in [-0.2, -0.15) is 0 Å². The van der Waals surface area contributed by atoms with Crippen LogP contribution in [0.1, 0.15) is 40.0 Å². The average molecular weight is 483 g/mol. The summed E-state index contributed by atoms with van der Waals surface area (Å²) in [7, 11) is 6.04. The number of amides is 1. The third-order valence-corrected chi connectivity index (χ3v) is 4.56. The molecule has 1 aliphatic heterocycles. The maximum absolute atomic E-state index is 11.8.